The predicted octanol–water partition coefficient (Wildman–Crippen LogP) is 4.34. The van der Waals surface area contributed by atoms with Crippen molar-refractivity contribution in [3.8, 4) is 0 Å². The Hall–Kier alpha value is -2.33. The molecule has 2 aromatic rings. The van der Waals surface area contributed by atoms with Gasteiger partial charge in [0.2, 0.25) is 5.91 Å². The van der Waals surface area contributed by atoms with Crippen LogP contribution < -0.4 is 10.2 Å². The third-order valence-corrected chi connectivity index (χ3v) is 4.46. The van der Waals surface area contributed by atoms with Crippen LogP contribution in [-0.2, 0) is 4.79 Å². The van der Waals surface area contributed by atoms with Crippen molar-refractivity contribution >= 4 is 34.8 Å². The molecule has 3 rings (SSSR count). The van der Waals surface area contributed by atoms with E-state index < -0.39 is 0 Å². The maximum Gasteiger partial charge on any atom is 0.255 e. The van der Waals surface area contributed by atoms with Crippen molar-refractivity contribution in [1.82, 2.24) is 0 Å². The molecule has 0 unspecified atom stereocenters. The Morgan fingerprint density at radius 2 is 2.00 bits per heavy atom. The molecule has 0 aromatic heterocycles. The Morgan fingerprint density at radius 3 is 2.67 bits per heavy atom. The van der Waals surface area contributed by atoms with Gasteiger partial charge >= 0.3 is 0 Å². The van der Waals surface area contributed by atoms with Crippen LogP contribution in [0, 0.1) is 13.8 Å². The first kappa shape index (κ1) is 16.5. The van der Waals surface area contributed by atoms with Gasteiger partial charge in [-0.15, -0.1) is 0 Å². The Labute approximate surface area is 146 Å². The summed E-state index contributed by atoms with van der Waals surface area (Å²) in [4.78, 5) is 26.2. The maximum absolute atomic E-state index is 12.6. The summed E-state index contributed by atoms with van der Waals surface area (Å²) in [6, 6.07) is 10.9. The van der Waals surface area contributed by atoms with Gasteiger partial charge in [-0.05, 0) is 55.7 Å². The summed E-state index contributed by atoms with van der Waals surface area (Å²) in [6.45, 7) is 4.57. The van der Waals surface area contributed by atoms with Crippen LogP contribution in [0.15, 0.2) is 36.4 Å². The summed E-state index contributed by atoms with van der Waals surface area (Å²) in [5, 5.41) is 3.40. The van der Waals surface area contributed by atoms with Crippen molar-refractivity contribution in [2.45, 2.75) is 26.7 Å². The monoisotopic (exact) mass is 342 g/mol. The van der Waals surface area contributed by atoms with Crippen LogP contribution in [0.2, 0.25) is 5.02 Å². The lowest BCUT2D eigenvalue weighted by Crippen LogP contribution is -2.24. The van der Waals surface area contributed by atoms with Crippen LogP contribution >= 0.6 is 11.6 Å². The minimum Gasteiger partial charge on any atom is -0.320 e. The van der Waals surface area contributed by atoms with Crippen molar-refractivity contribution in [1.29, 1.82) is 0 Å². The van der Waals surface area contributed by atoms with E-state index in [1.165, 1.54) is 0 Å². The molecule has 1 aliphatic heterocycles. The Bertz CT molecular complexity index is 794. The third-order valence-electron chi connectivity index (χ3n) is 4.16. The van der Waals surface area contributed by atoms with Gasteiger partial charge in [0.15, 0.2) is 0 Å². The standard InChI is InChI=1S/C19H19ClN2O2/c1-12-9-13(2)18(16(20)10-12)21-19(24)14-5-3-6-15(11-14)22-8-4-7-17(22)23/h3,5-6,9-11H,4,7-8H2,1-2H3,(H,21,24). The second-order valence-electron chi connectivity index (χ2n) is 6.09. The molecule has 2 aromatic carbocycles. The second kappa shape index (κ2) is 6.65. The van der Waals surface area contributed by atoms with E-state index in [-0.39, 0.29) is 11.8 Å². The highest BCUT2D eigenvalue weighted by Crippen LogP contribution is 2.28. The highest BCUT2D eigenvalue weighted by atomic mass is 35.5. The number of halogens is 1. The van der Waals surface area contributed by atoms with Crippen LogP contribution in [0.4, 0.5) is 11.4 Å². The quantitative estimate of drug-likeness (QED) is 0.902. The zero-order valence-electron chi connectivity index (χ0n) is 13.7. The number of nitrogens with zero attached hydrogens (tertiary/aromatic N) is 1. The summed E-state index contributed by atoms with van der Waals surface area (Å²) in [5.74, 6) is -0.137. The molecule has 1 heterocycles. The molecule has 1 N–H and O–H groups in total. The van der Waals surface area contributed by atoms with Gasteiger partial charge in [-0.25, -0.2) is 0 Å². The molecule has 0 radical (unpaired) electrons. The number of aryl methyl sites for hydroxylation is 2. The van der Waals surface area contributed by atoms with Crippen LogP contribution in [0.25, 0.3) is 0 Å². The van der Waals surface area contributed by atoms with Crippen molar-refractivity contribution in [3.63, 3.8) is 0 Å². The summed E-state index contributed by atoms with van der Waals surface area (Å²) in [6.07, 6.45) is 1.42. The molecule has 2 amide bonds. The first-order valence-corrected chi connectivity index (χ1v) is 8.32. The number of rotatable bonds is 3. The highest BCUT2D eigenvalue weighted by molar-refractivity contribution is 6.34. The molecule has 0 spiro atoms. The topological polar surface area (TPSA) is 49.4 Å². The highest BCUT2D eigenvalue weighted by Gasteiger charge is 2.22. The van der Waals surface area contributed by atoms with Gasteiger partial charge in [-0.2, -0.15) is 0 Å². The molecule has 0 saturated carbocycles. The summed E-state index contributed by atoms with van der Waals surface area (Å²) < 4.78 is 0. The SMILES string of the molecule is Cc1cc(C)c(NC(=O)c2cccc(N3CCCC3=O)c2)c(Cl)c1. The van der Waals surface area contributed by atoms with E-state index in [0.29, 0.717) is 29.2 Å². The largest absolute Gasteiger partial charge is 0.320 e. The van der Waals surface area contributed by atoms with Gasteiger partial charge in [-0.3, -0.25) is 9.59 Å². The summed E-state index contributed by atoms with van der Waals surface area (Å²) >= 11 is 6.25. The number of hydrogen-bond acceptors (Lipinski definition) is 2. The van der Waals surface area contributed by atoms with Crippen LogP contribution in [-0.4, -0.2) is 18.4 Å². The van der Waals surface area contributed by atoms with Crippen molar-refractivity contribution in [3.05, 3.63) is 58.1 Å². The first-order valence-electron chi connectivity index (χ1n) is 7.94. The Kier molecular flexibility index (Phi) is 4.58. The number of nitrogens with one attached hydrogen (secondary N) is 1. The Morgan fingerprint density at radius 1 is 1.21 bits per heavy atom. The number of anilines is 2. The molecule has 1 saturated heterocycles. The molecule has 5 heteroatoms. The second-order valence-corrected chi connectivity index (χ2v) is 6.50. The number of carbonyl (C=O) groups excluding carboxylic acids is 2. The minimum absolute atomic E-state index is 0.102. The van der Waals surface area contributed by atoms with E-state index in [1.54, 1.807) is 23.1 Å². The molecule has 1 aliphatic rings. The fourth-order valence-electron chi connectivity index (χ4n) is 3.00. The third kappa shape index (κ3) is 3.29. The summed E-state index contributed by atoms with van der Waals surface area (Å²) in [7, 11) is 0. The van der Waals surface area contributed by atoms with Crippen molar-refractivity contribution < 1.29 is 9.59 Å². The van der Waals surface area contributed by atoms with Gasteiger partial charge in [0.25, 0.3) is 5.91 Å². The number of carbonyl (C=O) groups is 2. The van der Waals surface area contributed by atoms with Crippen molar-refractivity contribution in [2.75, 3.05) is 16.8 Å². The number of benzene rings is 2. The lowest BCUT2D eigenvalue weighted by Gasteiger charge is -2.17. The lowest BCUT2D eigenvalue weighted by atomic mass is 10.1. The molecule has 24 heavy (non-hydrogen) atoms. The average molecular weight is 343 g/mol. The average Bonchev–Trinajstić information content (AvgIpc) is 2.97. The predicted molar refractivity (Wildman–Crippen MR) is 96.9 cm³/mol. The molecular formula is C19H19ClN2O2. The molecule has 124 valence electrons. The number of hydrogen-bond donors (Lipinski definition) is 1. The molecular weight excluding hydrogens is 324 g/mol. The summed E-state index contributed by atoms with van der Waals surface area (Å²) in [5.41, 5.74) is 3.85. The van der Waals surface area contributed by atoms with E-state index in [1.807, 2.05) is 32.0 Å². The van der Waals surface area contributed by atoms with E-state index in [2.05, 4.69) is 5.32 Å². The zero-order valence-corrected chi connectivity index (χ0v) is 14.5. The van der Waals surface area contributed by atoms with E-state index in [9.17, 15) is 9.59 Å². The fraction of sp³-hybridized carbons (Fsp3) is 0.263. The molecule has 1 fully saturated rings. The van der Waals surface area contributed by atoms with Gasteiger partial charge in [0, 0.05) is 24.2 Å². The van der Waals surface area contributed by atoms with E-state index in [4.69, 9.17) is 11.6 Å². The number of amides is 2. The normalized spacial score (nSPS) is 14.1. The van der Waals surface area contributed by atoms with Crippen LogP contribution in [0.3, 0.4) is 0 Å². The molecule has 4 nitrogen and oxygen atoms in total. The lowest BCUT2D eigenvalue weighted by molar-refractivity contribution is -0.117. The van der Waals surface area contributed by atoms with Gasteiger partial charge in [0.05, 0.1) is 10.7 Å². The van der Waals surface area contributed by atoms with Gasteiger partial charge in [0.1, 0.15) is 0 Å². The van der Waals surface area contributed by atoms with Crippen LogP contribution in [0.1, 0.15) is 34.3 Å². The first-order chi connectivity index (χ1) is 11.5. The van der Waals surface area contributed by atoms with Crippen LogP contribution in [0.5, 0.6) is 0 Å². The molecule has 0 aliphatic carbocycles. The van der Waals surface area contributed by atoms with E-state index in [0.717, 1.165) is 23.2 Å². The Balaban J connectivity index is 1.85. The zero-order chi connectivity index (χ0) is 17.3. The molecule has 0 bridgehead atoms. The van der Waals surface area contributed by atoms with E-state index >= 15 is 0 Å². The minimum atomic E-state index is -0.239. The van der Waals surface area contributed by atoms with Crippen molar-refractivity contribution in [2.24, 2.45) is 0 Å². The smallest absolute Gasteiger partial charge is 0.255 e. The fourth-order valence-corrected chi connectivity index (χ4v) is 3.36. The van der Waals surface area contributed by atoms with Gasteiger partial charge in [-0.1, -0.05) is 23.7 Å². The van der Waals surface area contributed by atoms with Gasteiger partial charge < -0.3 is 10.2 Å². The molecule has 0 atom stereocenters. The maximum atomic E-state index is 12.6.